The number of ether oxygens (including phenoxy) is 1. The van der Waals surface area contributed by atoms with Gasteiger partial charge in [0.1, 0.15) is 0 Å². The molecule has 0 aliphatic heterocycles. The number of hydrogen-bond acceptors (Lipinski definition) is 6. The molecule has 1 unspecified atom stereocenters. The van der Waals surface area contributed by atoms with Crippen LogP contribution in [-0.4, -0.2) is 34.4 Å². The second-order valence-corrected chi connectivity index (χ2v) is 6.82. The van der Waals surface area contributed by atoms with Crippen molar-refractivity contribution in [1.29, 1.82) is 0 Å². The van der Waals surface area contributed by atoms with Crippen LogP contribution >= 0.6 is 0 Å². The molecule has 2 N–H and O–H groups in total. The van der Waals surface area contributed by atoms with Crippen molar-refractivity contribution in [3.8, 4) is 0 Å². The number of para-hydroxylation sites is 1. The van der Waals surface area contributed by atoms with Crippen LogP contribution in [0.4, 0.5) is 5.69 Å². The molecule has 2 aromatic carbocycles. The normalized spacial score (nSPS) is 11.3. The minimum absolute atomic E-state index is 0.00748. The van der Waals surface area contributed by atoms with E-state index in [9.17, 15) is 14.4 Å². The predicted octanol–water partition coefficient (Wildman–Crippen LogP) is 3.07. The Labute approximate surface area is 179 Å². The molecule has 0 aliphatic rings. The lowest BCUT2D eigenvalue weighted by Crippen LogP contribution is -2.28. The molecule has 31 heavy (non-hydrogen) atoms. The highest BCUT2D eigenvalue weighted by Crippen LogP contribution is 2.18. The van der Waals surface area contributed by atoms with Crippen LogP contribution in [0.25, 0.3) is 0 Å². The van der Waals surface area contributed by atoms with Gasteiger partial charge in [0.25, 0.3) is 11.8 Å². The first kappa shape index (κ1) is 21.6. The zero-order valence-corrected chi connectivity index (χ0v) is 17.2. The van der Waals surface area contributed by atoms with Crippen molar-refractivity contribution >= 4 is 23.5 Å². The molecule has 0 spiro atoms. The number of esters is 1. The maximum Gasteiger partial charge on any atom is 0.359 e. The number of rotatable bonds is 7. The monoisotopic (exact) mass is 418 g/mol. The maximum atomic E-state index is 12.7. The van der Waals surface area contributed by atoms with E-state index in [0.717, 1.165) is 5.56 Å². The fourth-order valence-corrected chi connectivity index (χ4v) is 2.78. The third kappa shape index (κ3) is 5.96. The van der Waals surface area contributed by atoms with Crippen molar-refractivity contribution in [2.45, 2.75) is 19.9 Å². The Morgan fingerprint density at radius 1 is 0.968 bits per heavy atom. The largest absolute Gasteiger partial charge is 0.451 e. The Bertz CT molecular complexity index is 1070. The molecular formula is C23H22N4O4. The average molecular weight is 418 g/mol. The summed E-state index contributed by atoms with van der Waals surface area (Å²) in [7, 11) is 0. The first-order valence-corrected chi connectivity index (χ1v) is 9.64. The van der Waals surface area contributed by atoms with Gasteiger partial charge in [0.05, 0.1) is 29.2 Å². The lowest BCUT2D eigenvalue weighted by atomic mass is 10.1. The Balaban J connectivity index is 1.60. The first-order valence-electron chi connectivity index (χ1n) is 9.64. The summed E-state index contributed by atoms with van der Waals surface area (Å²) in [4.78, 5) is 44.9. The van der Waals surface area contributed by atoms with Gasteiger partial charge in [-0.3, -0.25) is 14.6 Å². The van der Waals surface area contributed by atoms with Gasteiger partial charge in [-0.05, 0) is 31.5 Å². The third-order valence-electron chi connectivity index (χ3n) is 4.42. The number of carbonyl (C=O) groups excluding carboxylic acids is 3. The average Bonchev–Trinajstić information content (AvgIpc) is 2.79. The quantitative estimate of drug-likeness (QED) is 0.571. The molecule has 1 heterocycles. The number of carbonyl (C=O) groups is 3. The van der Waals surface area contributed by atoms with E-state index in [1.54, 1.807) is 31.2 Å². The van der Waals surface area contributed by atoms with Crippen LogP contribution in [0.1, 0.15) is 45.1 Å². The molecule has 0 saturated heterocycles. The number of aromatic nitrogens is 2. The molecule has 3 rings (SSSR count). The topological polar surface area (TPSA) is 110 Å². The van der Waals surface area contributed by atoms with E-state index in [1.165, 1.54) is 12.4 Å². The molecule has 3 aromatic rings. The zero-order chi connectivity index (χ0) is 22.2. The van der Waals surface area contributed by atoms with E-state index in [-0.39, 0.29) is 17.6 Å². The molecular weight excluding hydrogens is 396 g/mol. The van der Waals surface area contributed by atoms with Crippen LogP contribution in [-0.2, 0) is 9.53 Å². The summed E-state index contributed by atoms with van der Waals surface area (Å²) in [6.45, 7) is 3.09. The van der Waals surface area contributed by atoms with E-state index in [4.69, 9.17) is 4.74 Å². The zero-order valence-electron chi connectivity index (χ0n) is 17.2. The highest BCUT2D eigenvalue weighted by Gasteiger charge is 2.17. The number of hydrogen-bond donors (Lipinski definition) is 2. The van der Waals surface area contributed by atoms with Gasteiger partial charge in [0, 0.05) is 6.20 Å². The highest BCUT2D eigenvalue weighted by molar-refractivity contribution is 6.04. The summed E-state index contributed by atoms with van der Waals surface area (Å²) in [5.41, 5.74) is 2.24. The van der Waals surface area contributed by atoms with Crippen molar-refractivity contribution < 1.29 is 19.1 Å². The van der Waals surface area contributed by atoms with Crippen LogP contribution in [0.5, 0.6) is 0 Å². The summed E-state index contributed by atoms with van der Waals surface area (Å²) >= 11 is 0. The van der Waals surface area contributed by atoms with Gasteiger partial charge in [-0.1, -0.05) is 42.5 Å². The number of nitrogens with one attached hydrogen (secondary N) is 2. The highest BCUT2D eigenvalue weighted by atomic mass is 16.5. The second-order valence-electron chi connectivity index (χ2n) is 6.82. The van der Waals surface area contributed by atoms with E-state index >= 15 is 0 Å². The molecule has 8 nitrogen and oxygen atoms in total. The molecule has 0 saturated carbocycles. The van der Waals surface area contributed by atoms with Crippen LogP contribution in [0.15, 0.2) is 67.0 Å². The Kier molecular flexibility index (Phi) is 7.05. The van der Waals surface area contributed by atoms with Crippen molar-refractivity contribution in [2.75, 3.05) is 11.9 Å². The second kappa shape index (κ2) is 10.1. The Hall–Kier alpha value is -4.07. The third-order valence-corrected chi connectivity index (χ3v) is 4.42. The summed E-state index contributed by atoms with van der Waals surface area (Å²) in [5.74, 6) is -1.67. The lowest BCUT2D eigenvalue weighted by molar-refractivity contribution is -0.119. The maximum absolute atomic E-state index is 12.7. The van der Waals surface area contributed by atoms with Gasteiger partial charge >= 0.3 is 5.97 Å². The van der Waals surface area contributed by atoms with Gasteiger partial charge in [0.2, 0.25) is 0 Å². The summed E-state index contributed by atoms with van der Waals surface area (Å²) in [6.07, 6.45) is 2.71. The van der Waals surface area contributed by atoms with Gasteiger partial charge in [0.15, 0.2) is 12.3 Å². The van der Waals surface area contributed by atoms with Crippen LogP contribution in [0.2, 0.25) is 0 Å². The fraction of sp³-hybridized carbons (Fsp3) is 0.174. The number of nitrogens with zero attached hydrogens (tertiary/aromatic N) is 2. The van der Waals surface area contributed by atoms with Crippen LogP contribution in [0, 0.1) is 6.92 Å². The predicted molar refractivity (Wildman–Crippen MR) is 114 cm³/mol. The molecule has 1 aromatic heterocycles. The molecule has 0 aliphatic carbocycles. The van der Waals surface area contributed by atoms with E-state index in [0.29, 0.717) is 16.9 Å². The standard InChI is InChI=1S/C23H22N4O4/c1-15-12-25-20(13-24-15)23(30)31-14-21(28)27-19-11-7-6-10-18(19)22(29)26-16(2)17-8-4-3-5-9-17/h3-13,16H,14H2,1-2H3,(H,26,29)(H,27,28). The van der Waals surface area contributed by atoms with Gasteiger partial charge < -0.3 is 15.4 Å². The van der Waals surface area contributed by atoms with Crippen LogP contribution in [0.3, 0.4) is 0 Å². The molecule has 8 heteroatoms. The number of anilines is 1. The molecule has 0 bridgehead atoms. The molecule has 1 atom stereocenters. The van der Waals surface area contributed by atoms with Crippen LogP contribution < -0.4 is 10.6 Å². The van der Waals surface area contributed by atoms with Gasteiger partial charge in [-0.25, -0.2) is 9.78 Å². The Morgan fingerprint density at radius 3 is 2.39 bits per heavy atom. The van der Waals surface area contributed by atoms with Crippen molar-refractivity contribution in [2.24, 2.45) is 0 Å². The van der Waals surface area contributed by atoms with Gasteiger partial charge in [-0.15, -0.1) is 0 Å². The van der Waals surface area contributed by atoms with E-state index in [2.05, 4.69) is 20.6 Å². The molecule has 0 radical (unpaired) electrons. The minimum atomic E-state index is -0.759. The SMILES string of the molecule is Cc1cnc(C(=O)OCC(=O)Nc2ccccc2C(=O)NC(C)c2ccccc2)cn1. The van der Waals surface area contributed by atoms with Gasteiger partial charge in [-0.2, -0.15) is 0 Å². The summed E-state index contributed by atoms with van der Waals surface area (Å²) < 4.78 is 4.97. The van der Waals surface area contributed by atoms with Crippen molar-refractivity contribution in [3.63, 3.8) is 0 Å². The molecule has 0 fully saturated rings. The number of aryl methyl sites for hydroxylation is 1. The van der Waals surface area contributed by atoms with E-state index in [1.807, 2.05) is 37.3 Å². The number of benzene rings is 2. The smallest absolute Gasteiger partial charge is 0.359 e. The lowest BCUT2D eigenvalue weighted by Gasteiger charge is -2.16. The summed E-state index contributed by atoms with van der Waals surface area (Å²) in [6, 6.07) is 15.9. The van der Waals surface area contributed by atoms with Crippen molar-refractivity contribution in [1.82, 2.24) is 15.3 Å². The fourth-order valence-electron chi connectivity index (χ4n) is 2.78. The van der Waals surface area contributed by atoms with E-state index < -0.39 is 18.5 Å². The molecule has 2 amide bonds. The first-order chi connectivity index (χ1) is 14.9. The summed E-state index contributed by atoms with van der Waals surface area (Å²) in [5, 5.41) is 5.52. The number of amides is 2. The Morgan fingerprint density at radius 2 is 1.68 bits per heavy atom. The molecule has 158 valence electrons. The minimum Gasteiger partial charge on any atom is -0.451 e. The van der Waals surface area contributed by atoms with Crippen molar-refractivity contribution in [3.05, 3.63) is 89.5 Å².